The smallest absolute Gasteiger partial charge is 0.125 e. The minimum atomic E-state index is -0.454. The number of fused-ring (bicyclic) bond motifs is 1. The van der Waals surface area contributed by atoms with E-state index in [0.717, 1.165) is 43.9 Å². The second kappa shape index (κ2) is 5.95. The molecule has 1 aromatic rings. The summed E-state index contributed by atoms with van der Waals surface area (Å²) in [6.45, 7) is 9.07. The summed E-state index contributed by atoms with van der Waals surface area (Å²) in [5.41, 5.74) is 3.40. The molecule has 1 aromatic carbocycles. The largest absolute Gasteiger partial charge is 0.493 e. The Balaban J connectivity index is 1.85. The van der Waals surface area contributed by atoms with Gasteiger partial charge in [0.1, 0.15) is 5.75 Å². The molecule has 0 amide bonds. The van der Waals surface area contributed by atoms with Crippen molar-refractivity contribution < 1.29 is 9.84 Å². The molecule has 3 rings (SSSR count). The predicted octanol–water partition coefficient (Wildman–Crippen LogP) is 1.74. The maximum Gasteiger partial charge on any atom is 0.125 e. The van der Waals surface area contributed by atoms with Gasteiger partial charge in [-0.1, -0.05) is 0 Å². The number of hydrogen-bond acceptors (Lipinski definition) is 4. The lowest BCUT2D eigenvalue weighted by atomic mass is 9.95. The number of aliphatic hydroxyl groups excluding tert-OH is 1. The highest BCUT2D eigenvalue weighted by molar-refractivity contribution is 5.44. The average molecular weight is 290 g/mol. The van der Waals surface area contributed by atoms with Crippen LogP contribution in [0.5, 0.6) is 5.75 Å². The summed E-state index contributed by atoms with van der Waals surface area (Å²) >= 11 is 0. The maximum absolute atomic E-state index is 10.9. The Morgan fingerprint density at radius 1 is 1.10 bits per heavy atom. The van der Waals surface area contributed by atoms with Gasteiger partial charge in [0.2, 0.25) is 0 Å². The van der Waals surface area contributed by atoms with Gasteiger partial charge in [-0.3, -0.25) is 4.90 Å². The lowest BCUT2D eigenvalue weighted by molar-refractivity contribution is 0.0191. The average Bonchev–Trinajstić information content (AvgIpc) is 2.61. The molecular weight excluding hydrogens is 264 g/mol. The first-order valence-corrected chi connectivity index (χ1v) is 7.91. The standard InChI is InChI=1S/C17H26N2O2/c1-12-10-14-16(11-13(12)2)21-9-4-15(17(14)20)19-7-5-18(3)6-8-19/h10-11,15,17,20H,4-9H2,1-3H3/t15-,17-/m0/s1. The molecule has 0 unspecified atom stereocenters. The number of rotatable bonds is 1. The Bertz CT molecular complexity index is 510. The van der Waals surface area contributed by atoms with E-state index in [2.05, 4.69) is 42.8 Å². The van der Waals surface area contributed by atoms with Crippen LogP contribution in [0, 0.1) is 13.8 Å². The molecule has 2 aliphatic heterocycles. The van der Waals surface area contributed by atoms with E-state index in [4.69, 9.17) is 4.74 Å². The van der Waals surface area contributed by atoms with E-state index in [0.29, 0.717) is 6.61 Å². The first-order chi connectivity index (χ1) is 10.1. The molecule has 4 nitrogen and oxygen atoms in total. The van der Waals surface area contributed by atoms with E-state index in [1.165, 1.54) is 11.1 Å². The lowest BCUT2D eigenvalue weighted by Gasteiger charge is -2.39. The Kier molecular flexibility index (Phi) is 4.20. The van der Waals surface area contributed by atoms with Gasteiger partial charge in [0.25, 0.3) is 0 Å². The minimum Gasteiger partial charge on any atom is -0.493 e. The number of ether oxygens (including phenoxy) is 1. The summed E-state index contributed by atoms with van der Waals surface area (Å²) < 4.78 is 5.90. The van der Waals surface area contributed by atoms with Gasteiger partial charge < -0.3 is 14.7 Å². The predicted molar refractivity (Wildman–Crippen MR) is 83.8 cm³/mol. The molecule has 2 atom stereocenters. The third-order valence-electron chi connectivity index (χ3n) is 4.99. The van der Waals surface area contributed by atoms with Crippen LogP contribution in [0.3, 0.4) is 0 Å². The molecule has 2 heterocycles. The quantitative estimate of drug-likeness (QED) is 0.854. The van der Waals surface area contributed by atoms with E-state index in [-0.39, 0.29) is 6.04 Å². The van der Waals surface area contributed by atoms with Crippen molar-refractivity contribution in [2.24, 2.45) is 0 Å². The van der Waals surface area contributed by atoms with Crippen molar-refractivity contribution in [3.63, 3.8) is 0 Å². The molecular formula is C17H26N2O2. The van der Waals surface area contributed by atoms with Crippen LogP contribution in [0.25, 0.3) is 0 Å². The minimum absolute atomic E-state index is 0.169. The van der Waals surface area contributed by atoms with Crippen LogP contribution in [-0.2, 0) is 0 Å². The number of aryl methyl sites for hydroxylation is 2. The molecule has 2 aliphatic rings. The monoisotopic (exact) mass is 290 g/mol. The van der Waals surface area contributed by atoms with Crippen molar-refractivity contribution >= 4 is 0 Å². The number of benzene rings is 1. The topological polar surface area (TPSA) is 35.9 Å². The van der Waals surface area contributed by atoms with Crippen molar-refractivity contribution in [3.8, 4) is 5.75 Å². The molecule has 0 bridgehead atoms. The van der Waals surface area contributed by atoms with E-state index in [9.17, 15) is 5.11 Å². The van der Waals surface area contributed by atoms with Crippen molar-refractivity contribution in [2.45, 2.75) is 32.4 Å². The van der Waals surface area contributed by atoms with Crippen molar-refractivity contribution in [2.75, 3.05) is 39.8 Å². The Hall–Kier alpha value is -1.10. The van der Waals surface area contributed by atoms with Crippen LogP contribution in [0.2, 0.25) is 0 Å². The summed E-state index contributed by atoms with van der Waals surface area (Å²) in [6, 6.07) is 4.34. The molecule has 0 spiro atoms. The van der Waals surface area contributed by atoms with Gasteiger partial charge in [0, 0.05) is 37.8 Å². The summed E-state index contributed by atoms with van der Waals surface area (Å²) in [7, 11) is 2.16. The van der Waals surface area contributed by atoms with Gasteiger partial charge in [-0.15, -0.1) is 0 Å². The van der Waals surface area contributed by atoms with Crippen LogP contribution < -0.4 is 4.74 Å². The van der Waals surface area contributed by atoms with Crippen molar-refractivity contribution in [1.29, 1.82) is 0 Å². The van der Waals surface area contributed by atoms with Gasteiger partial charge in [0.15, 0.2) is 0 Å². The summed E-state index contributed by atoms with van der Waals surface area (Å²) in [4.78, 5) is 4.77. The zero-order chi connectivity index (χ0) is 15.0. The molecule has 116 valence electrons. The summed E-state index contributed by atoms with van der Waals surface area (Å²) in [5, 5.41) is 10.9. The van der Waals surface area contributed by atoms with Gasteiger partial charge in [0.05, 0.1) is 12.7 Å². The van der Waals surface area contributed by atoms with E-state index >= 15 is 0 Å². The number of nitrogens with zero attached hydrogens (tertiary/aromatic N) is 2. The first-order valence-electron chi connectivity index (χ1n) is 7.91. The fraction of sp³-hybridized carbons (Fsp3) is 0.647. The van der Waals surface area contributed by atoms with Crippen molar-refractivity contribution in [3.05, 3.63) is 28.8 Å². The SMILES string of the molecule is Cc1cc2c(cc1C)[C@H](O)[C@@H](N1CCN(C)CC1)CCO2. The molecule has 0 aliphatic carbocycles. The van der Waals surface area contributed by atoms with Crippen molar-refractivity contribution in [1.82, 2.24) is 9.80 Å². The summed E-state index contributed by atoms with van der Waals surface area (Å²) in [6.07, 6.45) is 0.433. The van der Waals surface area contributed by atoms with Crippen LogP contribution in [-0.4, -0.2) is 60.8 Å². The van der Waals surface area contributed by atoms with Crippen LogP contribution >= 0.6 is 0 Å². The number of likely N-dealkylation sites (N-methyl/N-ethyl adjacent to an activating group) is 1. The molecule has 0 aromatic heterocycles. The second-order valence-electron chi connectivity index (χ2n) is 6.46. The Morgan fingerprint density at radius 2 is 1.76 bits per heavy atom. The molecule has 21 heavy (non-hydrogen) atoms. The third-order valence-corrected chi connectivity index (χ3v) is 4.99. The molecule has 1 N–H and O–H groups in total. The van der Waals surface area contributed by atoms with Gasteiger partial charge >= 0.3 is 0 Å². The van der Waals surface area contributed by atoms with Gasteiger partial charge in [-0.2, -0.15) is 0 Å². The number of aliphatic hydroxyl groups is 1. The zero-order valence-corrected chi connectivity index (χ0v) is 13.3. The van der Waals surface area contributed by atoms with Crippen LogP contribution in [0.1, 0.15) is 29.2 Å². The normalized spacial score (nSPS) is 27.8. The molecule has 1 saturated heterocycles. The Morgan fingerprint density at radius 3 is 2.48 bits per heavy atom. The Labute approximate surface area is 127 Å². The van der Waals surface area contributed by atoms with Crippen LogP contribution in [0.15, 0.2) is 12.1 Å². The van der Waals surface area contributed by atoms with Gasteiger partial charge in [-0.05, 0) is 50.6 Å². The van der Waals surface area contributed by atoms with E-state index in [1.807, 2.05) is 0 Å². The fourth-order valence-electron chi connectivity index (χ4n) is 3.36. The third kappa shape index (κ3) is 2.93. The van der Waals surface area contributed by atoms with E-state index < -0.39 is 6.10 Å². The van der Waals surface area contributed by atoms with E-state index in [1.54, 1.807) is 0 Å². The highest BCUT2D eigenvalue weighted by atomic mass is 16.5. The molecule has 4 heteroatoms. The maximum atomic E-state index is 10.9. The van der Waals surface area contributed by atoms with Gasteiger partial charge in [-0.25, -0.2) is 0 Å². The second-order valence-corrected chi connectivity index (χ2v) is 6.46. The molecule has 0 saturated carbocycles. The number of hydrogen-bond donors (Lipinski definition) is 1. The fourth-order valence-corrected chi connectivity index (χ4v) is 3.36. The molecule has 1 fully saturated rings. The number of piperazine rings is 1. The highest BCUT2D eigenvalue weighted by Gasteiger charge is 2.33. The highest BCUT2D eigenvalue weighted by Crippen LogP contribution is 2.36. The summed E-state index contributed by atoms with van der Waals surface area (Å²) in [5.74, 6) is 0.863. The first kappa shape index (κ1) is 14.8. The van der Waals surface area contributed by atoms with Crippen LogP contribution in [0.4, 0.5) is 0 Å². The lowest BCUT2D eigenvalue weighted by Crippen LogP contribution is -2.50. The molecule has 0 radical (unpaired) electrons. The zero-order valence-electron chi connectivity index (χ0n) is 13.3.